The Hall–Kier alpha value is -2.50. The van der Waals surface area contributed by atoms with Gasteiger partial charge in [-0.25, -0.2) is 9.59 Å². The van der Waals surface area contributed by atoms with Gasteiger partial charge in [0.15, 0.2) is 5.69 Å². The van der Waals surface area contributed by atoms with Gasteiger partial charge in [-0.05, 0) is 24.1 Å². The molecular formula is C12H13N3O3. The summed E-state index contributed by atoms with van der Waals surface area (Å²) in [6.07, 6.45) is 0.871. The number of benzene rings is 1. The highest BCUT2D eigenvalue weighted by atomic mass is 16.4. The molecule has 0 aliphatic heterocycles. The number of H-pyrrole nitrogens is 1. The van der Waals surface area contributed by atoms with Gasteiger partial charge in [-0.15, -0.1) is 0 Å². The second-order valence-corrected chi connectivity index (χ2v) is 3.85. The van der Waals surface area contributed by atoms with Crippen molar-refractivity contribution >= 4 is 11.8 Å². The number of carbonyl (C=O) groups is 1. The van der Waals surface area contributed by atoms with Crippen molar-refractivity contribution < 1.29 is 9.90 Å². The molecule has 94 valence electrons. The van der Waals surface area contributed by atoms with Crippen LogP contribution in [0.1, 0.15) is 23.0 Å². The van der Waals surface area contributed by atoms with Crippen molar-refractivity contribution in [1.82, 2.24) is 9.55 Å². The highest BCUT2D eigenvalue weighted by molar-refractivity contribution is 5.91. The number of hydrogen-bond donors (Lipinski definition) is 3. The van der Waals surface area contributed by atoms with Crippen LogP contribution in [0.15, 0.2) is 29.1 Å². The Labute approximate surface area is 103 Å². The molecule has 0 atom stereocenters. The lowest BCUT2D eigenvalue weighted by molar-refractivity contribution is 0.0689. The first-order chi connectivity index (χ1) is 8.54. The van der Waals surface area contributed by atoms with E-state index in [1.54, 1.807) is 12.1 Å². The quantitative estimate of drug-likeness (QED) is 0.753. The van der Waals surface area contributed by atoms with Crippen LogP contribution in [0.4, 0.5) is 5.82 Å². The third kappa shape index (κ3) is 1.88. The Morgan fingerprint density at radius 3 is 2.50 bits per heavy atom. The summed E-state index contributed by atoms with van der Waals surface area (Å²) in [6.45, 7) is 2.01. The van der Waals surface area contributed by atoms with Crippen LogP contribution in [0.5, 0.6) is 0 Å². The standard InChI is InChI=1S/C12H13N3O3/c1-2-7-3-5-8(6-4-7)15-9(11(16)17)10(13)14-12(15)18/h3-6H,2,13H2,1H3,(H,14,18)(H,16,17). The normalized spacial score (nSPS) is 10.5. The van der Waals surface area contributed by atoms with Crippen LogP contribution < -0.4 is 11.4 Å². The minimum absolute atomic E-state index is 0.146. The Bertz CT molecular complexity index is 638. The maximum Gasteiger partial charge on any atom is 0.356 e. The third-order valence-corrected chi connectivity index (χ3v) is 2.73. The lowest BCUT2D eigenvalue weighted by Gasteiger charge is -2.05. The number of imidazole rings is 1. The Morgan fingerprint density at radius 1 is 1.39 bits per heavy atom. The van der Waals surface area contributed by atoms with Gasteiger partial charge in [-0.3, -0.25) is 9.55 Å². The van der Waals surface area contributed by atoms with Gasteiger partial charge >= 0.3 is 11.7 Å². The second-order valence-electron chi connectivity index (χ2n) is 3.85. The Balaban J connectivity index is 2.62. The number of hydrogen-bond acceptors (Lipinski definition) is 3. The van der Waals surface area contributed by atoms with Crippen LogP contribution in [0.25, 0.3) is 5.69 Å². The molecule has 6 heteroatoms. The molecule has 0 aliphatic rings. The van der Waals surface area contributed by atoms with Crippen molar-refractivity contribution in [2.24, 2.45) is 0 Å². The van der Waals surface area contributed by atoms with Crippen molar-refractivity contribution in [3.8, 4) is 5.69 Å². The number of nitrogens with one attached hydrogen (secondary N) is 1. The molecule has 6 nitrogen and oxygen atoms in total. The number of carboxylic acid groups (broad SMARTS) is 1. The van der Waals surface area contributed by atoms with Gasteiger partial charge in [0.2, 0.25) is 0 Å². The number of nitrogen functional groups attached to an aromatic ring is 1. The van der Waals surface area contributed by atoms with Crippen molar-refractivity contribution in [2.75, 3.05) is 5.73 Å². The van der Waals surface area contributed by atoms with Gasteiger partial charge in [0.05, 0.1) is 5.69 Å². The van der Waals surface area contributed by atoms with Gasteiger partial charge in [-0.1, -0.05) is 19.1 Å². The van der Waals surface area contributed by atoms with E-state index in [4.69, 9.17) is 10.8 Å². The predicted molar refractivity (Wildman–Crippen MR) is 67.1 cm³/mol. The molecule has 0 fully saturated rings. The first-order valence-corrected chi connectivity index (χ1v) is 5.47. The zero-order chi connectivity index (χ0) is 13.3. The van der Waals surface area contributed by atoms with E-state index in [0.29, 0.717) is 5.69 Å². The molecule has 0 spiro atoms. The zero-order valence-corrected chi connectivity index (χ0v) is 9.80. The van der Waals surface area contributed by atoms with E-state index in [9.17, 15) is 9.59 Å². The molecule has 1 heterocycles. The summed E-state index contributed by atoms with van der Waals surface area (Å²) in [5.41, 5.74) is 6.25. The van der Waals surface area contributed by atoms with Crippen LogP contribution in [0.3, 0.4) is 0 Å². The van der Waals surface area contributed by atoms with Gasteiger partial charge in [0.25, 0.3) is 0 Å². The molecule has 0 bridgehead atoms. The number of carboxylic acids is 1. The topological polar surface area (TPSA) is 101 Å². The van der Waals surface area contributed by atoms with Crippen LogP contribution in [-0.2, 0) is 6.42 Å². The Kier molecular flexibility index (Phi) is 2.93. The summed E-state index contributed by atoms with van der Waals surface area (Å²) in [5, 5.41) is 9.06. The number of anilines is 1. The number of nitrogens with two attached hydrogens (primary N) is 1. The summed E-state index contributed by atoms with van der Waals surface area (Å²) in [6, 6.07) is 7.08. The highest BCUT2D eigenvalue weighted by Crippen LogP contribution is 2.14. The maximum atomic E-state index is 11.7. The molecule has 0 radical (unpaired) electrons. The lowest BCUT2D eigenvalue weighted by Crippen LogP contribution is -2.19. The summed E-state index contributed by atoms with van der Waals surface area (Å²) in [7, 11) is 0. The SMILES string of the molecule is CCc1ccc(-n2c(C(=O)O)c(N)[nH]c2=O)cc1. The van der Waals surface area contributed by atoms with Crippen LogP contribution in [-0.4, -0.2) is 20.6 Å². The van der Waals surface area contributed by atoms with E-state index in [0.717, 1.165) is 16.6 Å². The lowest BCUT2D eigenvalue weighted by atomic mass is 10.1. The summed E-state index contributed by atoms with van der Waals surface area (Å²) in [5.74, 6) is -1.39. The maximum absolute atomic E-state index is 11.7. The van der Waals surface area contributed by atoms with Gasteiger partial charge < -0.3 is 10.8 Å². The number of aromatic carboxylic acids is 1. The number of aromatic nitrogens is 2. The molecular weight excluding hydrogens is 234 g/mol. The fourth-order valence-electron chi connectivity index (χ4n) is 1.79. The van der Waals surface area contributed by atoms with Crippen LogP contribution in [0, 0.1) is 0 Å². The number of aryl methyl sites for hydroxylation is 1. The molecule has 4 N–H and O–H groups in total. The highest BCUT2D eigenvalue weighted by Gasteiger charge is 2.19. The van der Waals surface area contributed by atoms with Crippen LogP contribution >= 0.6 is 0 Å². The van der Waals surface area contributed by atoms with Crippen LogP contribution in [0.2, 0.25) is 0 Å². The van der Waals surface area contributed by atoms with E-state index in [1.165, 1.54) is 0 Å². The molecule has 0 saturated heterocycles. The number of aromatic amines is 1. The first-order valence-electron chi connectivity index (χ1n) is 5.47. The molecule has 1 aromatic heterocycles. The van der Waals surface area contributed by atoms with Gasteiger partial charge in [0.1, 0.15) is 5.82 Å². The largest absolute Gasteiger partial charge is 0.476 e. The summed E-state index contributed by atoms with van der Waals surface area (Å²) < 4.78 is 1.05. The van der Waals surface area contributed by atoms with Crippen molar-refractivity contribution in [3.63, 3.8) is 0 Å². The fraction of sp³-hybridized carbons (Fsp3) is 0.167. The van der Waals surface area contributed by atoms with Gasteiger partial charge in [0, 0.05) is 0 Å². The Morgan fingerprint density at radius 2 is 2.00 bits per heavy atom. The van der Waals surface area contributed by atoms with E-state index in [-0.39, 0.29) is 11.5 Å². The fourth-order valence-corrected chi connectivity index (χ4v) is 1.79. The van der Waals surface area contributed by atoms with Gasteiger partial charge in [-0.2, -0.15) is 0 Å². The molecule has 18 heavy (non-hydrogen) atoms. The van der Waals surface area contributed by atoms with E-state index in [2.05, 4.69) is 4.98 Å². The average Bonchev–Trinajstić information content (AvgIpc) is 2.64. The minimum Gasteiger partial charge on any atom is -0.476 e. The molecule has 2 rings (SSSR count). The molecule has 0 saturated carbocycles. The third-order valence-electron chi connectivity index (χ3n) is 2.73. The molecule has 2 aromatic rings. The minimum atomic E-state index is -1.24. The second kappa shape index (κ2) is 4.40. The summed E-state index contributed by atoms with van der Waals surface area (Å²) in [4.78, 5) is 25.1. The zero-order valence-electron chi connectivity index (χ0n) is 9.80. The van der Waals surface area contributed by atoms with E-state index in [1.807, 2.05) is 19.1 Å². The molecule has 0 unspecified atom stereocenters. The van der Waals surface area contributed by atoms with E-state index < -0.39 is 11.7 Å². The molecule has 0 aliphatic carbocycles. The number of rotatable bonds is 3. The average molecular weight is 247 g/mol. The monoisotopic (exact) mass is 247 g/mol. The predicted octanol–water partition coefficient (Wildman–Crippen LogP) is 1.01. The van der Waals surface area contributed by atoms with Crippen molar-refractivity contribution in [3.05, 3.63) is 46.0 Å². The van der Waals surface area contributed by atoms with E-state index >= 15 is 0 Å². The smallest absolute Gasteiger partial charge is 0.356 e. The first kappa shape index (κ1) is 12.0. The number of nitrogens with zero attached hydrogens (tertiary/aromatic N) is 1. The van der Waals surface area contributed by atoms with Crippen molar-refractivity contribution in [1.29, 1.82) is 0 Å². The molecule has 1 aromatic carbocycles. The van der Waals surface area contributed by atoms with Crippen molar-refractivity contribution in [2.45, 2.75) is 13.3 Å². The summed E-state index contributed by atoms with van der Waals surface area (Å²) >= 11 is 0. The molecule has 0 amide bonds.